The summed E-state index contributed by atoms with van der Waals surface area (Å²) in [7, 11) is 0. The highest BCUT2D eigenvalue weighted by atomic mass is 16.1. The van der Waals surface area contributed by atoms with Gasteiger partial charge in [-0.25, -0.2) is 4.98 Å². The van der Waals surface area contributed by atoms with Crippen molar-refractivity contribution in [3.8, 4) is 0 Å². The molecule has 1 aromatic heterocycles. The number of anilines is 1. The average Bonchev–Trinajstić information content (AvgIpc) is 2.47. The van der Waals surface area contributed by atoms with E-state index in [1.165, 1.54) is 11.8 Å². The summed E-state index contributed by atoms with van der Waals surface area (Å²) in [4.78, 5) is 20.3. The van der Waals surface area contributed by atoms with Crippen molar-refractivity contribution >= 4 is 11.7 Å². The molecule has 0 atom stereocenters. The molecule has 5 nitrogen and oxygen atoms in total. The second-order valence-corrected chi connectivity index (χ2v) is 4.41. The van der Waals surface area contributed by atoms with Crippen LogP contribution in [0.15, 0.2) is 36.8 Å². The first-order valence-corrected chi connectivity index (χ1v) is 6.23. The summed E-state index contributed by atoms with van der Waals surface area (Å²) in [5.41, 5.74) is 3.05. The molecule has 0 spiro atoms. The van der Waals surface area contributed by atoms with Gasteiger partial charge in [0, 0.05) is 24.5 Å². The Balaban J connectivity index is 1.88. The number of rotatable bonds is 2. The van der Waals surface area contributed by atoms with Crippen molar-refractivity contribution in [2.75, 3.05) is 11.9 Å². The maximum absolute atomic E-state index is 12.3. The molecule has 0 radical (unpaired) electrons. The van der Waals surface area contributed by atoms with E-state index in [4.69, 9.17) is 0 Å². The Kier molecular flexibility index (Phi) is 3.20. The second kappa shape index (κ2) is 5.16. The number of nitrogens with one attached hydrogen (secondary N) is 2. The summed E-state index contributed by atoms with van der Waals surface area (Å²) < 4.78 is 0. The summed E-state index contributed by atoms with van der Waals surface area (Å²) in [6.45, 7) is 1.73. The lowest BCUT2D eigenvalue weighted by Crippen LogP contribution is -2.26. The van der Waals surface area contributed by atoms with Crippen LogP contribution in [0.1, 0.15) is 21.5 Å². The van der Waals surface area contributed by atoms with Gasteiger partial charge >= 0.3 is 0 Å². The third-order valence-corrected chi connectivity index (χ3v) is 3.19. The number of nitrogens with zero attached hydrogens (tertiary/aromatic N) is 2. The van der Waals surface area contributed by atoms with Gasteiger partial charge in [0.15, 0.2) is 5.82 Å². The fourth-order valence-electron chi connectivity index (χ4n) is 2.29. The van der Waals surface area contributed by atoms with Crippen molar-refractivity contribution in [1.82, 2.24) is 15.3 Å². The summed E-state index contributed by atoms with van der Waals surface area (Å²) >= 11 is 0. The Hall–Kier alpha value is -2.27. The number of hydrogen-bond donors (Lipinski definition) is 2. The molecule has 0 fully saturated rings. The lowest BCUT2D eigenvalue weighted by Gasteiger charge is -2.19. The molecule has 3 rings (SSSR count). The minimum atomic E-state index is -0.126. The lowest BCUT2D eigenvalue weighted by atomic mass is 9.95. The van der Waals surface area contributed by atoms with Crippen molar-refractivity contribution < 1.29 is 4.79 Å². The molecule has 2 N–H and O–H groups in total. The van der Waals surface area contributed by atoms with Gasteiger partial charge in [0.05, 0.1) is 6.20 Å². The zero-order chi connectivity index (χ0) is 13.1. The highest BCUT2D eigenvalue weighted by Crippen LogP contribution is 2.19. The quantitative estimate of drug-likeness (QED) is 0.849. The SMILES string of the molecule is O=C(Nc1cnccn1)c1cccc2c1CCNC2. The van der Waals surface area contributed by atoms with Crippen molar-refractivity contribution in [2.45, 2.75) is 13.0 Å². The highest BCUT2D eigenvalue weighted by molar-refractivity contribution is 6.05. The van der Waals surface area contributed by atoms with Crippen LogP contribution in [-0.2, 0) is 13.0 Å². The average molecular weight is 254 g/mol. The second-order valence-electron chi connectivity index (χ2n) is 4.41. The molecule has 1 aromatic carbocycles. The van der Waals surface area contributed by atoms with Crippen LogP contribution in [0.5, 0.6) is 0 Å². The molecule has 0 bridgehead atoms. The van der Waals surface area contributed by atoms with Crippen LogP contribution in [0, 0.1) is 0 Å². The van der Waals surface area contributed by atoms with Crippen molar-refractivity contribution in [3.05, 3.63) is 53.5 Å². The Morgan fingerprint density at radius 2 is 2.26 bits per heavy atom. The van der Waals surface area contributed by atoms with Gasteiger partial charge in [0.1, 0.15) is 0 Å². The largest absolute Gasteiger partial charge is 0.312 e. The Morgan fingerprint density at radius 1 is 1.32 bits per heavy atom. The van der Waals surface area contributed by atoms with E-state index in [1.54, 1.807) is 12.4 Å². The minimum Gasteiger partial charge on any atom is -0.312 e. The van der Waals surface area contributed by atoms with Crippen LogP contribution in [0.4, 0.5) is 5.82 Å². The third kappa shape index (κ3) is 2.46. The van der Waals surface area contributed by atoms with E-state index in [9.17, 15) is 4.79 Å². The predicted molar refractivity (Wildman–Crippen MR) is 71.8 cm³/mol. The molecule has 0 saturated heterocycles. The number of fused-ring (bicyclic) bond motifs is 1. The van der Waals surface area contributed by atoms with Gasteiger partial charge in [-0.05, 0) is 30.2 Å². The number of carbonyl (C=O) groups excluding carboxylic acids is 1. The van der Waals surface area contributed by atoms with E-state index in [1.807, 2.05) is 12.1 Å². The maximum Gasteiger partial charge on any atom is 0.257 e. The third-order valence-electron chi connectivity index (χ3n) is 3.19. The first-order valence-electron chi connectivity index (χ1n) is 6.23. The summed E-state index contributed by atoms with van der Waals surface area (Å²) in [6.07, 6.45) is 5.54. The van der Waals surface area contributed by atoms with E-state index in [-0.39, 0.29) is 5.91 Å². The smallest absolute Gasteiger partial charge is 0.257 e. The van der Waals surface area contributed by atoms with Crippen LogP contribution < -0.4 is 10.6 Å². The van der Waals surface area contributed by atoms with Gasteiger partial charge in [-0.1, -0.05) is 12.1 Å². The molecule has 2 heterocycles. The fourth-order valence-corrected chi connectivity index (χ4v) is 2.29. The normalized spacial score (nSPS) is 13.7. The van der Waals surface area contributed by atoms with Gasteiger partial charge < -0.3 is 10.6 Å². The molecule has 19 heavy (non-hydrogen) atoms. The van der Waals surface area contributed by atoms with Gasteiger partial charge in [-0.2, -0.15) is 0 Å². The minimum absolute atomic E-state index is 0.126. The molecular weight excluding hydrogens is 240 g/mol. The van der Waals surface area contributed by atoms with E-state index in [2.05, 4.69) is 26.7 Å². The zero-order valence-corrected chi connectivity index (χ0v) is 10.4. The van der Waals surface area contributed by atoms with Crippen molar-refractivity contribution in [3.63, 3.8) is 0 Å². The Bertz CT molecular complexity index is 598. The van der Waals surface area contributed by atoms with Crippen LogP contribution >= 0.6 is 0 Å². The number of carbonyl (C=O) groups is 1. The monoisotopic (exact) mass is 254 g/mol. The number of hydrogen-bond acceptors (Lipinski definition) is 4. The molecule has 1 amide bonds. The molecule has 1 aliphatic heterocycles. The molecule has 0 unspecified atom stereocenters. The van der Waals surface area contributed by atoms with Gasteiger partial charge in [0.2, 0.25) is 0 Å². The van der Waals surface area contributed by atoms with E-state index >= 15 is 0 Å². The summed E-state index contributed by atoms with van der Waals surface area (Å²) in [5, 5.41) is 6.08. The molecule has 5 heteroatoms. The molecule has 2 aromatic rings. The maximum atomic E-state index is 12.3. The first kappa shape index (κ1) is 11.8. The van der Waals surface area contributed by atoms with E-state index in [0.29, 0.717) is 5.82 Å². The summed E-state index contributed by atoms with van der Waals surface area (Å²) in [6, 6.07) is 5.83. The Morgan fingerprint density at radius 3 is 3.11 bits per heavy atom. The lowest BCUT2D eigenvalue weighted by molar-refractivity contribution is 0.102. The number of aromatic nitrogens is 2. The van der Waals surface area contributed by atoms with Crippen LogP contribution in [0.25, 0.3) is 0 Å². The van der Waals surface area contributed by atoms with Crippen molar-refractivity contribution in [1.29, 1.82) is 0 Å². The summed E-state index contributed by atoms with van der Waals surface area (Å²) in [5.74, 6) is 0.346. The van der Waals surface area contributed by atoms with E-state index in [0.717, 1.165) is 30.6 Å². The zero-order valence-electron chi connectivity index (χ0n) is 10.4. The van der Waals surface area contributed by atoms with Gasteiger partial charge in [-0.15, -0.1) is 0 Å². The predicted octanol–water partition coefficient (Wildman–Crippen LogP) is 1.37. The number of amides is 1. The number of benzene rings is 1. The molecular formula is C14H14N4O. The van der Waals surface area contributed by atoms with Crippen LogP contribution in [-0.4, -0.2) is 22.4 Å². The fraction of sp³-hybridized carbons (Fsp3) is 0.214. The molecule has 0 aliphatic carbocycles. The molecule has 1 aliphatic rings. The molecule has 0 saturated carbocycles. The van der Waals surface area contributed by atoms with Crippen LogP contribution in [0.3, 0.4) is 0 Å². The van der Waals surface area contributed by atoms with Crippen molar-refractivity contribution in [2.24, 2.45) is 0 Å². The first-order chi connectivity index (χ1) is 9.34. The van der Waals surface area contributed by atoms with Crippen LogP contribution in [0.2, 0.25) is 0 Å². The highest BCUT2D eigenvalue weighted by Gasteiger charge is 2.17. The molecule has 96 valence electrons. The Labute approximate surface area is 111 Å². The topological polar surface area (TPSA) is 66.9 Å². The van der Waals surface area contributed by atoms with E-state index < -0.39 is 0 Å². The standard InChI is InChI=1S/C14H14N4O/c19-14(18-13-9-16-6-7-17-13)12-3-1-2-10-8-15-5-4-11(10)12/h1-3,6-7,9,15H,4-5,8H2,(H,17,18,19). The van der Waals surface area contributed by atoms with Gasteiger partial charge in [-0.3, -0.25) is 9.78 Å². The van der Waals surface area contributed by atoms with Gasteiger partial charge in [0.25, 0.3) is 5.91 Å².